The number of carbonyl (C=O) groups excluding carboxylic acids is 1. The molecule has 0 heterocycles. The summed E-state index contributed by atoms with van der Waals surface area (Å²) >= 11 is 12.3. The molecule has 21 heavy (non-hydrogen) atoms. The summed E-state index contributed by atoms with van der Waals surface area (Å²) in [6, 6.07) is 13.6. The quantitative estimate of drug-likeness (QED) is 0.607. The molecule has 0 saturated carbocycles. The van der Waals surface area contributed by atoms with Gasteiger partial charge in [-0.3, -0.25) is 4.79 Å². The Labute approximate surface area is 133 Å². The van der Waals surface area contributed by atoms with Gasteiger partial charge in [-0.15, -0.1) is 0 Å². The lowest BCUT2D eigenvalue weighted by atomic mass is 9.95. The molecule has 0 fully saturated rings. The Balaban J connectivity index is 2.61. The van der Waals surface area contributed by atoms with Crippen LogP contribution < -0.4 is 0 Å². The Hall–Kier alpha value is -1.39. The molecule has 3 nitrogen and oxygen atoms in total. The van der Waals surface area contributed by atoms with E-state index in [0.29, 0.717) is 21.2 Å². The lowest BCUT2D eigenvalue weighted by Crippen LogP contribution is -2.40. The zero-order valence-electron chi connectivity index (χ0n) is 11.6. The summed E-state index contributed by atoms with van der Waals surface area (Å²) in [7, 11) is 2.78. The highest BCUT2D eigenvalue weighted by Gasteiger charge is 2.43. The average Bonchev–Trinajstić information content (AvgIpc) is 2.51. The Morgan fingerprint density at radius 1 is 0.905 bits per heavy atom. The van der Waals surface area contributed by atoms with Crippen molar-refractivity contribution in [1.82, 2.24) is 0 Å². The zero-order valence-corrected chi connectivity index (χ0v) is 13.1. The molecule has 0 bridgehead atoms. The summed E-state index contributed by atoms with van der Waals surface area (Å²) in [4.78, 5) is 12.9. The van der Waals surface area contributed by atoms with E-state index in [1.807, 2.05) is 0 Å². The predicted octanol–water partition coefficient (Wildman–Crippen LogP) is 4.32. The van der Waals surface area contributed by atoms with E-state index >= 15 is 0 Å². The molecule has 0 atom stereocenters. The van der Waals surface area contributed by atoms with E-state index < -0.39 is 11.6 Å². The average molecular weight is 325 g/mol. The number of benzene rings is 2. The van der Waals surface area contributed by atoms with Crippen LogP contribution >= 0.6 is 23.2 Å². The van der Waals surface area contributed by atoms with E-state index in [1.54, 1.807) is 48.5 Å². The molecule has 0 N–H and O–H groups in total. The normalized spacial score (nSPS) is 11.4. The van der Waals surface area contributed by atoms with Crippen LogP contribution in [0.3, 0.4) is 0 Å². The monoisotopic (exact) mass is 324 g/mol. The van der Waals surface area contributed by atoms with Crippen LogP contribution in [0.15, 0.2) is 48.5 Å². The minimum absolute atomic E-state index is 0.308. The van der Waals surface area contributed by atoms with Crippen molar-refractivity contribution < 1.29 is 14.3 Å². The van der Waals surface area contributed by atoms with E-state index in [4.69, 9.17) is 32.7 Å². The number of ketones is 1. The smallest absolute Gasteiger partial charge is 0.262 e. The van der Waals surface area contributed by atoms with Crippen LogP contribution in [0.2, 0.25) is 10.0 Å². The number of rotatable bonds is 5. The van der Waals surface area contributed by atoms with Gasteiger partial charge in [-0.25, -0.2) is 0 Å². The molecule has 2 aromatic carbocycles. The van der Waals surface area contributed by atoms with Crippen LogP contribution in [0.4, 0.5) is 0 Å². The maximum atomic E-state index is 12.9. The number of Topliss-reactive ketones (excluding diaryl/α,β-unsaturated/α-hetero) is 1. The summed E-state index contributed by atoms with van der Waals surface area (Å²) in [6.45, 7) is 0. The van der Waals surface area contributed by atoms with Gasteiger partial charge in [0.2, 0.25) is 5.78 Å². The van der Waals surface area contributed by atoms with E-state index in [1.165, 1.54) is 14.2 Å². The second kappa shape index (κ2) is 6.58. The van der Waals surface area contributed by atoms with Crippen molar-refractivity contribution >= 4 is 29.0 Å². The van der Waals surface area contributed by atoms with Gasteiger partial charge in [0.25, 0.3) is 5.79 Å². The van der Waals surface area contributed by atoms with Gasteiger partial charge in [-0.05, 0) is 18.2 Å². The van der Waals surface area contributed by atoms with Crippen LogP contribution in [0, 0.1) is 0 Å². The van der Waals surface area contributed by atoms with Gasteiger partial charge in [0.1, 0.15) is 0 Å². The minimum atomic E-state index is -1.64. The number of hydrogen-bond donors (Lipinski definition) is 0. The molecule has 0 aliphatic heterocycles. The Morgan fingerprint density at radius 3 is 1.95 bits per heavy atom. The van der Waals surface area contributed by atoms with Crippen LogP contribution in [-0.2, 0) is 15.3 Å². The van der Waals surface area contributed by atoms with Crippen molar-refractivity contribution in [3.05, 3.63) is 69.7 Å². The first-order chi connectivity index (χ1) is 10.1. The summed E-state index contributed by atoms with van der Waals surface area (Å²) < 4.78 is 10.8. The first-order valence-electron chi connectivity index (χ1n) is 6.21. The van der Waals surface area contributed by atoms with Crippen molar-refractivity contribution in [2.75, 3.05) is 14.2 Å². The van der Waals surface area contributed by atoms with Crippen molar-refractivity contribution in [1.29, 1.82) is 0 Å². The summed E-state index contributed by atoms with van der Waals surface area (Å²) in [5, 5.41) is 0.703. The van der Waals surface area contributed by atoms with Crippen LogP contribution in [0.5, 0.6) is 0 Å². The molecule has 5 heteroatoms. The second-order valence-electron chi connectivity index (χ2n) is 4.31. The Morgan fingerprint density at radius 2 is 1.43 bits per heavy atom. The maximum absolute atomic E-state index is 12.9. The van der Waals surface area contributed by atoms with Gasteiger partial charge in [-0.2, -0.15) is 0 Å². The van der Waals surface area contributed by atoms with E-state index in [0.717, 1.165) is 0 Å². The fraction of sp³-hybridized carbons (Fsp3) is 0.188. The molecule has 0 unspecified atom stereocenters. The molecule has 0 amide bonds. The molecule has 0 saturated heterocycles. The molecule has 2 rings (SSSR count). The number of methoxy groups -OCH3 is 2. The lowest BCUT2D eigenvalue weighted by molar-refractivity contribution is -0.176. The van der Waals surface area contributed by atoms with Gasteiger partial charge >= 0.3 is 0 Å². The first kappa shape index (κ1) is 16.0. The molecular formula is C16H14Cl2O3. The number of carbonyl (C=O) groups is 1. The van der Waals surface area contributed by atoms with Crippen LogP contribution in [0.25, 0.3) is 0 Å². The summed E-state index contributed by atoms with van der Waals surface area (Å²) in [5.74, 6) is -2.05. The van der Waals surface area contributed by atoms with Crippen LogP contribution in [0.1, 0.15) is 15.9 Å². The highest BCUT2D eigenvalue weighted by atomic mass is 35.5. The standard InChI is InChI=1S/C16H14Cl2O3/c1-20-16(21-2,12-8-4-6-10-14(12)18)15(19)11-7-3-5-9-13(11)17/h3-10H,1-2H3. The fourth-order valence-corrected chi connectivity index (χ4v) is 2.64. The largest absolute Gasteiger partial charge is 0.343 e. The highest BCUT2D eigenvalue weighted by Crippen LogP contribution is 2.36. The molecule has 0 spiro atoms. The molecule has 0 aliphatic carbocycles. The molecule has 110 valence electrons. The molecule has 0 radical (unpaired) electrons. The lowest BCUT2D eigenvalue weighted by Gasteiger charge is -2.30. The second-order valence-corrected chi connectivity index (χ2v) is 5.13. The van der Waals surface area contributed by atoms with Gasteiger partial charge in [0.15, 0.2) is 0 Å². The van der Waals surface area contributed by atoms with Crippen molar-refractivity contribution in [2.24, 2.45) is 0 Å². The van der Waals surface area contributed by atoms with Gasteiger partial charge in [0.05, 0.1) is 5.02 Å². The predicted molar refractivity (Wildman–Crippen MR) is 82.9 cm³/mol. The topological polar surface area (TPSA) is 35.5 Å². The SMILES string of the molecule is COC(OC)(C(=O)c1ccccc1Cl)c1ccccc1Cl. The molecule has 2 aromatic rings. The highest BCUT2D eigenvalue weighted by molar-refractivity contribution is 6.34. The van der Waals surface area contributed by atoms with Crippen LogP contribution in [-0.4, -0.2) is 20.0 Å². The summed E-state index contributed by atoms with van der Waals surface area (Å²) in [5.41, 5.74) is 0.740. The third-order valence-corrected chi connectivity index (χ3v) is 3.88. The molecule has 0 aliphatic rings. The Kier molecular flexibility index (Phi) is 5.01. The number of halogens is 2. The summed E-state index contributed by atoms with van der Waals surface area (Å²) in [6.07, 6.45) is 0. The maximum Gasteiger partial charge on any atom is 0.262 e. The van der Waals surface area contributed by atoms with E-state index in [9.17, 15) is 4.79 Å². The number of hydrogen-bond acceptors (Lipinski definition) is 3. The van der Waals surface area contributed by atoms with Crippen molar-refractivity contribution in [3.8, 4) is 0 Å². The third kappa shape index (κ3) is 2.83. The minimum Gasteiger partial charge on any atom is -0.343 e. The third-order valence-electron chi connectivity index (χ3n) is 3.22. The van der Waals surface area contributed by atoms with Gasteiger partial charge in [-0.1, -0.05) is 53.5 Å². The fourth-order valence-electron chi connectivity index (χ4n) is 2.16. The molecule has 0 aromatic heterocycles. The van der Waals surface area contributed by atoms with Gasteiger partial charge in [0, 0.05) is 30.4 Å². The zero-order chi connectivity index (χ0) is 15.5. The molecular weight excluding hydrogens is 311 g/mol. The van der Waals surface area contributed by atoms with E-state index in [2.05, 4.69) is 0 Å². The number of ether oxygens (including phenoxy) is 2. The Bertz CT molecular complexity index is 651. The first-order valence-corrected chi connectivity index (χ1v) is 6.97. The van der Waals surface area contributed by atoms with Crippen molar-refractivity contribution in [3.63, 3.8) is 0 Å². The van der Waals surface area contributed by atoms with Crippen molar-refractivity contribution in [2.45, 2.75) is 5.79 Å². The van der Waals surface area contributed by atoms with Gasteiger partial charge < -0.3 is 9.47 Å². The van der Waals surface area contributed by atoms with E-state index in [-0.39, 0.29) is 0 Å².